The molecule has 1 aliphatic rings. The van der Waals surface area contributed by atoms with Gasteiger partial charge in [-0.2, -0.15) is 0 Å². The molecule has 2 N–H and O–H groups in total. The average molecular weight is 234 g/mol. The zero-order valence-electron chi connectivity index (χ0n) is 8.93. The van der Waals surface area contributed by atoms with Crippen molar-refractivity contribution in [3.05, 3.63) is 36.5 Å². The van der Waals surface area contributed by atoms with Crippen LogP contribution in [0.5, 0.6) is 0 Å². The first-order chi connectivity index (χ1) is 7.83. The van der Waals surface area contributed by atoms with E-state index in [4.69, 9.17) is 5.73 Å². The summed E-state index contributed by atoms with van der Waals surface area (Å²) in [7, 11) is 0. The lowest BCUT2D eigenvalue weighted by Gasteiger charge is -2.19. The van der Waals surface area contributed by atoms with E-state index in [1.54, 1.807) is 16.7 Å². The van der Waals surface area contributed by atoms with Crippen molar-refractivity contribution in [1.82, 2.24) is 0 Å². The highest BCUT2D eigenvalue weighted by atomic mass is 32.2. The van der Waals surface area contributed by atoms with Crippen LogP contribution in [0.1, 0.15) is 6.42 Å². The van der Waals surface area contributed by atoms with Crippen LogP contribution in [0.25, 0.3) is 0 Å². The highest BCUT2D eigenvalue weighted by Gasteiger charge is 2.17. The highest BCUT2D eigenvalue weighted by Crippen LogP contribution is 2.32. The van der Waals surface area contributed by atoms with E-state index in [0.717, 1.165) is 16.3 Å². The number of hydrogen-bond donors (Lipinski definition) is 1. The first kappa shape index (κ1) is 11.2. The number of benzene rings is 1. The van der Waals surface area contributed by atoms with Crippen molar-refractivity contribution < 1.29 is 4.79 Å². The van der Waals surface area contributed by atoms with Crippen molar-refractivity contribution in [2.75, 3.05) is 17.2 Å². The molecule has 0 radical (unpaired) electrons. The summed E-state index contributed by atoms with van der Waals surface area (Å²) in [5.41, 5.74) is 6.38. The van der Waals surface area contributed by atoms with Crippen LogP contribution >= 0.6 is 11.8 Å². The fourth-order valence-corrected chi connectivity index (χ4v) is 2.46. The molecular weight excluding hydrogens is 220 g/mol. The first-order valence-electron chi connectivity index (χ1n) is 5.23. The second kappa shape index (κ2) is 5.18. The standard InChI is InChI=1S/C12H14N2OS/c13-7-6-12(15)14-8-3-9-16-11-5-2-1-4-10(11)14/h1-5,8H,6-7,9,13H2. The summed E-state index contributed by atoms with van der Waals surface area (Å²) >= 11 is 1.74. The molecule has 1 heterocycles. The van der Waals surface area contributed by atoms with Gasteiger partial charge in [0, 0.05) is 29.8 Å². The van der Waals surface area contributed by atoms with Gasteiger partial charge >= 0.3 is 0 Å². The second-order valence-corrected chi connectivity index (χ2v) is 4.53. The van der Waals surface area contributed by atoms with Crippen molar-refractivity contribution >= 4 is 23.4 Å². The molecule has 3 nitrogen and oxygen atoms in total. The molecule has 0 atom stereocenters. The van der Waals surface area contributed by atoms with Gasteiger partial charge in [0.1, 0.15) is 0 Å². The normalized spacial score (nSPS) is 14.4. The number of hydrogen-bond acceptors (Lipinski definition) is 3. The number of nitrogens with zero attached hydrogens (tertiary/aromatic N) is 1. The molecule has 0 spiro atoms. The van der Waals surface area contributed by atoms with Crippen LogP contribution in [0.4, 0.5) is 5.69 Å². The summed E-state index contributed by atoms with van der Waals surface area (Å²) in [6, 6.07) is 7.94. The Morgan fingerprint density at radius 2 is 2.25 bits per heavy atom. The zero-order chi connectivity index (χ0) is 11.4. The first-order valence-corrected chi connectivity index (χ1v) is 6.22. The van der Waals surface area contributed by atoms with Crippen molar-refractivity contribution in [3.63, 3.8) is 0 Å². The van der Waals surface area contributed by atoms with E-state index in [0.29, 0.717) is 13.0 Å². The predicted octanol–water partition coefficient (Wildman–Crippen LogP) is 1.99. The summed E-state index contributed by atoms with van der Waals surface area (Å²) < 4.78 is 0. The number of nitrogens with two attached hydrogens (primary N) is 1. The lowest BCUT2D eigenvalue weighted by molar-refractivity contribution is -0.117. The fourth-order valence-electron chi connectivity index (χ4n) is 1.61. The minimum atomic E-state index is 0.0497. The lowest BCUT2D eigenvalue weighted by Crippen LogP contribution is -2.27. The van der Waals surface area contributed by atoms with E-state index >= 15 is 0 Å². The molecule has 0 fully saturated rings. The largest absolute Gasteiger partial charge is 0.330 e. The van der Waals surface area contributed by atoms with Gasteiger partial charge < -0.3 is 5.73 Å². The van der Waals surface area contributed by atoms with Crippen molar-refractivity contribution in [1.29, 1.82) is 0 Å². The van der Waals surface area contributed by atoms with Gasteiger partial charge in [-0.3, -0.25) is 9.69 Å². The monoisotopic (exact) mass is 234 g/mol. The van der Waals surface area contributed by atoms with E-state index in [2.05, 4.69) is 0 Å². The third kappa shape index (κ3) is 2.28. The number of amides is 1. The van der Waals surface area contributed by atoms with Crippen LogP contribution in [0.3, 0.4) is 0 Å². The molecule has 1 amide bonds. The Labute approximate surface area is 99.3 Å². The summed E-state index contributed by atoms with van der Waals surface area (Å²) in [6.07, 6.45) is 4.22. The van der Waals surface area contributed by atoms with Crippen LogP contribution in [0.2, 0.25) is 0 Å². The molecule has 1 aromatic carbocycles. The highest BCUT2D eigenvalue weighted by molar-refractivity contribution is 7.99. The molecule has 0 saturated heterocycles. The number of carbonyl (C=O) groups is 1. The molecule has 0 aromatic heterocycles. The molecule has 4 heteroatoms. The van der Waals surface area contributed by atoms with Gasteiger partial charge in [-0.15, -0.1) is 11.8 Å². The molecule has 1 aliphatic heterocycles. The molecule has 0 bridgehead atoms. The van der Waals surface area contributed by atoms with E-state index in [9.17, 15) is 4.79 Å². The minimum Gasteiger partial charge on any atom is -0.330 e. The zero-order valence-corrected chi connectivity index (χ0v) is 9.74. The Morgan fingerprint density at radius 3 is 3.06 bits per heavy atom. The maximum Gasteiger partial charge on any atom is 0.232 e. The Kier molecular flexibility index (Phi) is 3.64. The molecule has 0 aliphatic carbocycles. The van der Waals surface area contributed by atoms with Crippen LogP contribution in [-0.2, 0) is 4.79 Å². The maximum absolute atomic E-state index is 11.9. The lowest BCUT2D eigenvalue weighted by atomic mass is 10.2. The Morgan fingerprint density at radius 1 is 1.44 bits per heavy atom. The van der Waals surface area contributed by atoms with Gasteiger partial charge in [-0.25, -0.2) is 0 Å². The minimum absolute atomic E-state index is 0.0497. The van der Waals surface area contributed by atoms with Gasteiger partial charge in [0.15, 0.2) is 0 Å². The van der Waals surface area contributed by atoms with E-state index in [-0.39, 0.29) is 5.91 Å². The summed E-state index contributed by atoms with van der Waals surface area (Å²) in [5, 5.41) is 0. The van der Waals surface area contributed by atoms with Gasteiger partial charge in [0.05, 0.1) is 5.69 Å². The third-order valence-corrected chi connectivity index (χ3v) is 3.36. The van der Waals surface area contributed by atoms with Gasteiger partial charge in [-0.05, 0) is 12.1 Å². The molecule has 0 saturated carbocycles. The van der Waals surface area contributed by atoms with Crippen molar-refractivity contribution in [2.24, 2.45) is 5.73 Å². The number of carbonyl (C=O) groups excluding carboxylic acids is 1. The smallest absolute Gasteiger partial charge is 0.232 e. The van der Waals surface area contributed by atoms with Crippen LogP contribution < -0.4 is 10.6 Å². The van der Waals surface area contributed by atoms with Crippen molar-refractivity contribution in [2.45, 2.75) is 11.3 Å². The number of thioether (sulfide) groups is 1. The molecule has 84 valence electrons. The molecule has 16 heavy (non-hydrogen) atoms. The maximum atomic E-state index is 11.9. The number of para-hydroxylation sites is 1. The molecular formula is C12H14N2OS. The number of anilines is 1. The molecule has 1 aromatic rings. The number of rotatable bonds is 2. The van der Waals surface area contributed by atoms with E-state index < -0.39 is 0 Å². The van der Waals surface area contributed by atoms with Gasteiger partial charge in [0.25, 0.3) is 0 Å². The van der Waals surface area contributed by atoms with Crippen LogP contribution in [-0.4, -0.2) is 18.2 Å². The quantitative estimate of drug-likeness (QED) is 0.851. The van der Waals surface area contributed by atoms with E-state index in [1.807, 2.05) is 36.5 Å². The average Bonchev–Trinajstić information content (AvgIpc) is 2.51. The fraction of sp³-hybridized carbons (Fsp3) is 0.250. The molecule has 0 unspecified atom stereocenters. The van der Waals surface area contributed by atoms with E-state index in [1.165, 1.54) is 0 Å². The summed E-state index contributed by atoms with van der Waals surface area (Å²) in [5.74, 6) is 0.942. The van der Waals surface area contributed by atoms with Gasteiger partial charge in [-0.1, -0.05) is 18.2 Å². The van der Waals surface area contributed by atoms with Crippen LogP contribution in [0.15, 0.2) is 41.4 Å². The Bertz CT molecular complexity index is 417. The third-order valence-electron chi connectivity index (χ3n) is 2.34. The second-order valence-electron chi connectivity index (χ2n) is 3.47. The summed E-state index contributed by atoms with van der Waals surface area (Å²) in [6.45, 7) is 0.387. The number of fused-ring (bicyclic) bond motifs is 1. The van der Waals surface area contributed by atoms with Crippen LogP contribution in [0, 0.1) is 0 Å². The molecule has 2 rings (SSSR count). The predicted molar refractivity (Wildman–Crippen MR) is 67.5 cm³/mol. The SMILES string of the molecule is NCCC(=O)N1C=CCSc2ccccc21. The topological polar surface area (TPSA) is 46.3 Å². The van der Waals surface area contributed by atoms with Crippen molar-refractivity contribution in [3.8, 4) is 0 Å². The van der Waals surface area contributed by atoms with Gasteiger partial charge in [0.2, 0.25) is 5.91 Å². The Hall–Kier alpha value is -1.26. The summed E-state index contributed by atoms with van der Waals surface area (Å²) in [4.78, 5) is 14.7. The Balaban J connectivity index is 2.34.